The summed E-state index contributed by atoms with van der Waals surface area (Å²) in [6.07, 6.45) is 0. The fourth-order valence-corrected chi connectivity index (χ4v) is 1.26. The molecule has 1 heterocycles. The van der Waals surface area contributed by atoms with Gasteiger partial charge in [-0.05, 0) is 22.0 Å². The number of hydrogen-bond acceptors (Lipinski definition) is 1. The molecule has 0 atom stereocenters. The van der Waals surface area contributed by atoms with E-state index in [2.05, 4.69) is 20.9 Å². The molecule has 0 aliphatic heterocycles. The number of halogens is 2. The molecule has 0 aliphatic carbocycles. The van der Waals surface area contributed by atoms with Crippen molar-refractivity contribution in [2.24, 2.45) is 0 Å². The lowest BCUT2D eigenvalue weighted by molar-refractivity contribution is 1.20. The molecule has 0 aliphatic rings. The number of aromatic nitrogens is 1. The van der Waals surface area contributed by atoms with Gasteiger partial charge in [-0.2, -0.15) is 0 Å². The van der Waals surface area contributed by atoms with Crippen LogP contribution in [0.3, 0.4) is 0 Å². The summed E-state index contributed by atoms with van der Waals surface area (Å²) in [5.41, 5.74) is -0.200. The SMILES string of the molecule is O=c1cc(Cl)cc(Br)[nH]1. The maximum atomic E-state index is 10.5. The summed E-state index contributed by atoms with van der Waals surface area (Å²) in [4.78, 5) is 13.0. The van der Waals surface area contributed by atoms with Crippen LogP contribution in [0.25, 0.3) is 0 Å². The Morgan fingerprint density at radius 3 is 2.67 bits per heavy atom. The van der Waals surface area contributed by atoms with Crippen LogP contribution in [0.4, 0.5) is 0 Å². The second-order valence-electron chi connectivity index (χ2n) is 1.51. The van der Waals surface area contributed by atoms with Crippen molar-refractivity contribution in [2.45, 2.75) is 0 Å². The average Bonchev–Trinajstić information content (AvgIpc) is 1.59. The van der Waals surface area contributed by atoms with Gasteiger partial charge in [-0.1, -0.05) is 11.6 Å². The molecule has 2 nitrogen and oxygen atoms in total. The van der Waals surface area contributed by atoms with Crippen molar-refractivity contribution in [2.75, 3.05) is 0 Å². The molecule has 1 aromatic rings. The van der Waals surface area contributed by atoms with Crippen LogP contribution < -0.4 is 5.56 Å². The minimum absolute atomic E-state index is 0.200. The highest BCUT2D eigenvalue weighted by Crippen LogP contribution is 2.09. The largest absolute Gasteiger partial charge is 0.317 e. The summed E-state index contributed by atoms with van der Waals surface area (Å²) >= 11 is 8.57. The third kappa shape index (κ3) is 1.84. The Balaban J connectivity index is 3.33. The summed E-state index contributed by atoms with van der Waals surface area (Å²) in [7, 11) is 0. The minimum Gasteiger partial charge on any atom is -0.317 e. The topological polar surface area (TPSA) is 32.9 Å². The molecule has 0 unspecified atom stereocenters. The van der Waals surface area contributed by atoms with Crippen molar-refractivity contribution >= 4 is 27.5 Å². The Kier molecular flexibility index (Phi) is 1.93. The summed E-state index contributed by atoms with van der Waals surface area (Å²) in [6.45, 7) is 0. The summed E-state index contributed by atoms with van der Waals surface area (Å²) in [6, 6.07) is 2.93. The van der Waals surface area contributed by atoms with E-state index >= 15 is 0 Å². The molecule has 0 radical (unpaired) electrons. The molecule has 0 aromatic carbocycles. The maximum Gasteiger partial charge on any atom is 0.250 e. The Morgan fingerprint density at radius 1 is 1.56 bits per heavy atom. The van der Waals surface area contributed by atoms with Crippen LogP contribution in [-0.4, -0.2) is 4.98 Å². The molecule has 0 amide bonds. The number of aromatic amines is 1. The predicted molar refractivity (Wildman–Crippen MR) is 39.8 cm³/mol. The molecule has 4 heteroatoms. The van der Waals surface area contributed by atoms with Gasteiger partial charge in [0.2, 0.25) is 5.56 Å². The van der Waals surface area contributed by atoms with Crippen LogP contribution in [0.5, 0.6) is 0 Å². The van der Waals surface area contributed by atoms with E-state index in [1.54, 1.807) is 6.07 Å². The summed E-state index contributed by atoms with van der Waals surface area (Å²) in [5, 5.41) is 0.436. The summed E-state index contributed by atoms with van der Waals surface area (Å²) in [5.74, 6) is 0. The standard InChI is InChI=1S/C5H3BrClNO/c6-4-1-3(7)2-5(9)8-4/h1-2H,(H,8,9). The third-order valence-corrected chi connectivity index (χ3v) is 1.42. The predicted octanol–water partition coefficient (Wildman–Crippen LogP) is 1.79. The molecule has 48 valence electrons. The number of H-pyrrole nitrogens is 1. The molecule has 0 saturated carbocycles. The van der Waals surface area contributed by atoms with E-state index in [-0.39, 0.29) is 5.56 Å². The van der Waals surface area contributed by atoms with Crippen LogP contribution in [0.15, 0.2) is 21.5 Å². The van der Waals surface area contributed by atoms with Gasteiger partial charge in [-0.15, -0.1) is 0 Å². The van der Waals surface area contributed by atoms with Crippen LogP contribution in [0, 0.1) is 0 Å². The first-order valence-electron chi connectivity index (χ1n) is 2.24. The zero-order valence-electron chi connectivity index (χ0n) is 4.32. The molecule has 9 heavy (non-hydrogen) atoms. The van der Waals surface area contributed by atoms with Gasteiger partial charge in [-0.3, -0.25) is 4.79 Å². The van der Waals surface area contributed by atoms with Gasteiger partial charge in [0.25, 0.3) is 0 Å². The molecular formula is C5H3BrClNO. The zero-order valence-corrected chi connectivity index (χ0v) is 6.66. The van der Waals surface area contributed by atoms with Crippen LogP contribution in [0.2, 0.25) is 5.02 Å². The van der Waals surface area contributed by atoms with Crippen molar-refractivity contribution in [3.63, 3.8) is 0 Å². The van der Waals surface area contributed by atoms with Gasteiger partial charge < -0.3 is 4.98 Å². The zero-order chi connectivity index (χ0) is 6.85. The van der Waals surface area contributed by atoms with E-state index in [0.717, 1.165) is 0 Å². The monoisotopic (exact) mass is 207 g/mol. The Labute approximate surface area is 65.0 Å². The highest BCUT2D eigenvalue weighted by atomic mass is 79.9. The second-order valence-corrected chi connectivity index (χ2v) is 2.80. The van der Waals surface area contributed by atoms with Crippen molar-refractivity contribution in [3.8, 4) is 0 Å². The molecule has 0 spiro atoms. The molecule has 1 rings (SSSR count). The van der Waals surface area contributed by atoms with Gasteiger partial charge in [-0.25, -0.2) is 0 Å². The maximum absolute atomic E-state index is 10.5. The second kappa shape index (κ2) is 2.54. The van der Waals surface area contributed by atoms with Gasteiger partial charge in [0.1, 0.15) is 0 Å². The van der Waals surface area contributed by atoms with Crippen LogP contribution >= 0.6 is 27.5 Å². The fourth-order valence-electron chi connectivity index (χ4n) is 0.478. The molecule has 0 saturated heterocycles. The highest BCUT2D eigenvalue weighted by Gasteiger charge is 1.90. The first-order chi connectivity index (χ1) is 4.18. The lowest BCUT2D eigenvalue weighted by atomic mass is 10.5. The minimum atomic E-state index is -0.200. The molecule has 1 N–H and O–H groups in total. The van der Waals surface area contributed by atoms with E-state index in [9.17, 15) is 4.79 Å². The fraction of sp³-hybridized carbons (Fsp3) is 0. The number of hydrogen-bond donors (Lipinski definition) is 1. The smallest absolute Gasteiger partial charge is 0.250 e. The lowest BCUT2D eigenvalue weighted by Crippen LogP contribution is -2.02. The van der Waals surface area contributed by atoms with Gasteiger partial charge in [0.15, 0.2) is 0 Å². The van der Waals surface area contributed by atoms with Crippen molar-refractivity contribution in [1.82, 2.24) is 4.98 Å². The lowest BCUT2D eigenvalue weighted by Gasteiger charge is -1.88. The highest BCUT2D eigenvalue weighted by molar-refractivity contribution is 9.10. The number of nitrogens with one attached hydrogen (secondary N) is 1. The van der Waals surface area contributed by atoms with Gasteiger partial charge >= 0.3 is 0 Å². The van der Waals surface area contributed by atoms with Crippen LogP contribution in [-0.2, 0) is 0 Å². The third-order valence-electron chi connectivity index (χ3n) is 0.776. The number of rotatable bonds is 0. The Hall–Kier alpha value is -0.280. The first kappa shape index (κ1) is 6.83. The quantitative estimate of drug-likeness (QED) is 0.648. The normalized spacial score (nSPS) is 9.56. The Morgan fingerprint density at radius 2 is 2.22 bits per heavy atom. The van der Waals surface area contributed by atoms with E-state index in [1.807, 2.05) is 0 Å². The van der Waals surface area contributed by atoms with E-state index < -0.39 is 0 Å². The number of pyridine rings is 1. The van der Waals surface area contributed by atoms with Crippen molar-refractivity contribution in [1.29, 1.82) is 0 Å². The molecule has 0 fully saturated rings. The molecule has 0 bridgehead atoms. The van der Waals surface area contributed by atoms with E-state index in [4.69, 9.17) is 11.6 Å². The van der Waals surface area contributed by atoms with Gasteiger partial charge in [0.05, 0.1) is 4.60 Å². The van der Waals surface area contributed by atoms with Crippen molar-refractivity contribution in [3.05, 3.63) is 32.1 Å². The molecular weight excluding hydrogens is 205 g/mol. The van der Waals surface area contributed by atoms with Gasteiger partial charge in [0, 0.05) is 11.1 Å². The summed E-state index contributed by atoms with van der Waals surface area (Å²) < 4.78 is 0.597. The van der Waals surface area contributed by atoms with E-state index in [1.165, 1.54) is 6.07 Å². The first-order valence-corrected chi connectivity index (χ1v) is 3.41. The van der Waals surface area contributed by atoms with Crippen molar-refractivity contribution < 1.29 is 0 Å². The van der Waals surface area contributed by atoms with Crippen LogP contribution in [0.1, 0.15) is 0 Å². The molecule has 1 aromatic heterocycles. The van der Waals surface area contributed by atoms with E-state index in [0.29, 0.717) is 9.63 Å². The average molecular weight is 208 g/mol. The Bertz CT molecular complexity index is 247.